The number of ether oxygens (including phenoxy) is 1. The Kier molecular flexibility index (Phi) is 4.38. The Morgan fingerprint density at radius 1 is 1.21 bits per heavy atom. The van der Waals surface area contributed by atoms with Crippen molar-refractivity contribution in [2.45, 2.75) is 38.1 Å². The molecule has 1 fully saturated rings. The molecule has 24 heavy (non-hydrogen) atoms. The summed E-state index contributed by atoms with van der Waals surface area (Å²) in [7, 11) is 0. The molecule has 1 unspecified atom stereocenters. The summed E-state index contributed by atoms with van der Waals surface area (Å²) in [5.74, 6) is -0.382. The number of carboxylic acids is 1. The molecule has 1 atom stereocenters. The van der Waals surface area contributed by atoms with E-state index in [0.29, 0.717) is 5.75 Å². The second-order valence-electron chi connectivity index (χ2n) is 6.27. The first kappa shape index (κ1) is 16.2. The molecular weight excluding hydrogens is 308 g/mol. The van der Waals surface area contributed by atoms with E-state index in [1.807, 2.05) is 18.2 Å². The molecule has 0 radical (unpaired) electrons. The van der Waals surface area contributed by atoms with Crippen LogP contribution in [0.2, 0.25) is 0 Å². The second-order valence-corrected chi connectivity index (χ2v) is 6.27. The van der Waals surface area contributed by atoms with Gasteiger partial charge in [-0.3, -0.25) is 4.79 Å². The van der Waals surface area contributed by atoms with Crippen LogP contribution in [0.4, 0.5) is 0 Å². The van der Waals surface area contributed by atoms with Crippen LogP contribution < -0.4 is 10.3 Å². The summed E-state index contributed by atoms with van der Waals surface area (Å²) in [6, 6.07) is 11.8. The standard InChI is InChI=1S/C18H20N2O4/c1-18(17(22)23,13-7-5-6-8-13)20-16(21)12-11-15(19-20)24-14-9-3-2-4-10-14/h2-4,9-13H,5-8H2,1H3,(H,22,23). The number of rotatable bonds is 5. The van der Waals surface area contributed by atoms with Gasteiger partial charge >= 0.3 is 5.97 Å². The van der Waals surface area contributed by atoms with Crippen molar-refractivity contribution in [3.05, 3.63) is 52.8 Å². The van der Waals surface area contributed by atoms with Crippen LogP contribution in [0.25, 0.3) is 0 Å². The van der Waals surface area contributed by atoms with E-state index in [1.165, 1.54) is 12.1 Å². The first-order chi connectivity index (χ1) is 11.5. The Labute approximate surface area is 139 Å². The Morgan fingerprint density at radius 3 is 2.50 bits per heavy atom. The predicted molar refractivity (Wildman–Crippen MR) is 88.3 cm³/mol. The minimum Gasteiger partial charge on any atom is -0.479 e. The summed E-state index contributed by atoms with van der Waals surface area (Å²) in [6.45, 7) is 1.58. The maximum atomic E-state index is 12.3. The van der Waals surface area contributed by atoms with Gasteiger partial charge in [-0.15, -0.1) is 5.10 Å². The Morgan fingerprint density at radius 2 is 1.88 bits per heavy atom. The monoisotopic (exact) mass is 328 g/mol. The van der Waals surface area contributed by atoms with Gasteiger partial charge in [0.15, 0.2) is 5.54 Å². The van der Waals surface area contributed by atoms with E-state index in [1.54, 1.807) is 19.1 Å². The SMILES string of the molecule is CC(C(=O)O)(C1CCCC1)n1nc(Oc2ccccc2)ccc1=O. The molecule has 0 aliphatic heterocycles. The summed E-state index contributed by atoms with van der Waals surface area (Å²) < 4.78 is 6.72. The summed E-state index contributed by atoms with van der Waals surface area (Å²) in [5, 5.41) is 14.0. The number of hydrogen-bond acceptors (Lipinski definition) is 4. The van der Waals surface area contributed by atoms with Gasteiger partial charge in [0.05, 0.1) is 0 Å². The average Bonchev–Trinajstić information content (AvgIpc) is 3.11. The van der Waals surface area contributed by atoms with Gasteiger partial charge in [-0.2, -0.15) is 0 Å². The van der Waals surface area contributed by atoms with E-state index in [-0.39, 0.29) is 11.8 Å². The van der Waals surface area contributed by atoms with Crippen molar-refractivity contribution >= 4 is 5.97 Å². The summed E-state index contributed by atoms with van der Waals surface area (Å²) in [6.07, 6.45) is 3.51. The molecular formula is C18H20N2O4. The highest BCUT2D eigenvalue weighted by atomic mass is 16.5. The summed E-state index contributed by atoms with van der Waals surface area (Å²) >= 11 is 0. The molecule has 0 saturated heterocycles. The molecule has 126 valence electrons. The van der Waals surface area contributed by atoms with E-state index >= 15 is 0 Å². The lowest BCUT2D eigenvalue weighted by molar-refractivity contribution is -0.150. The largest absolute Gasteiger partial charge is 0.479 e. The first-order valence-corrected chi connectivity index (χ1v) is 8.09. The molecule has 6 heteroatoms. The average molecular weight is 328 g/mol. The van der Waals surface area contributed by atoms with Crippen molar-refractivity contribution in [2.24, 2.45) is 5.92 Å². The molecule has 1 aromatic heterocycles. The quantitative estimate of drug-likeness (QED) is 0.912. The van der Waals surface area contributed by atoms with Crippen molar-refractivity contribution < 1.29 is 14.6 Å². The van der Waals surface area contributed by atoms with Crippen LogP contribution in [0.1, 0.15) is 32.6 Å². The van der Waals surface area contributed by atoms with Gasteiger partial charge in [-0.1, -0.05) is 31.0 Å². The molecule has 1 aromatic carbocycles. The number of aromatic nitrogens is 2. The highest BCUT2D eigenvalue weighted by Crippen LogP contribution is 2.38. The van der Waals surface area contributed by atoms with E-state index in [0.717, 1.165) is 30.4 Å². The van der Waals surface area contributed by atoms with Crippen LogP contribution in [-0.4, -0.2) is 20.9 Å². The van der Waals surface area contributed by atoms with Crippen molar-refractivity contribution in [3.63, 3.8) is 0 Å². The van der Waals surface area contributed by atoms with Gasteiger partial charge in [-0.25, -0.2) is 9.48 Å². The van der Waals surface area contributed by atoms with E-state index in [2.05, 4.69) is 5.10 Å². The lowest BCUT2D eigenvalue weighted by Gasteiger charge is -2.32. The third-order valence-corrected chi connectivity index (χ3v) is 4.76. The first-order valence-electron chi connectivity index (χ1n) is 8.09. The topological polar surface area (TPSA) is 81.4 Å². The zero-order chi connectivity index (χ0) is 17.2. The maximum Gasteiger partial charge on any atom is 0.331 e. The van der Waals surface area contributed by atoms with Gasteiger partial charge in [0.1, 0.15) is 5.75 Å². The highest BCUT2D eigenvalue weighted by Gasteiger charge is 2.46. The Balaban J connectivity index is 2.01. The minimum atomic E-state index is -1.37. The molecule has 1 N–H and O–H groups in total. The van der Waals surface area contributed by atoms with Crippen LogP contribution in [0, 0.1) is 5.92 Å². The molecule has 1 aliphatic rings. The lowest BCUT2D eigenvalue weighted by Crippen LogP contribution is -2.50. The van der Waals surface area contributed by atoms with Crippen molar-refractivity contribution in [1.29, 1.82) is 0 Å². The Bertz CT molecular complexity index is 781. The van der Waals surface area contributed by atoms with Crippen LogP contribution >= 0.6 is 0 Å². The number of carbonyl (C=O) groups is 1. The van der Waals surface area contributed by atoms with Gasteiger partial charge in [0.25, 0.3) is 5.56 Å². The number of para-hydroxylation sites is 1. The lowest BCUT2D eigenvalue weighted by atomic mass is 9.84. The third-order valence-electron chi connectivity index (χ3n) is 4.76. The molecule has 0 bridgehead atoms. The van der Waals surface area contributed by atoms with Crippen molar-refractivity contribution in [1.82, 2.24) is 9.78 Å². The van der Waals surface area contributed by atoms with Crippen LogP contribution in [0.15, 0.2) is 47.3 Å². The highest BCUT2D eigenvalue weighted by molar-refractivity contribution is 5.76. The van der Waals surface area contributed by atoms with E-state index < -0.39 is 17.1 Å². The molecule has 2 aromatic rings. The summed E-state index contributed by atoms with van der Waals surface area (Å²) in [5.41, 5.74) is -1.81. The Hall–Kier alpha value is -2.63. The molecule has 1 aliphatic carbocycles. The van der Waals surface area contributed by atoms with Gasteiger partial charge in [-0.05, 0) is 37.8 Å². The van der Waals surface area contributed by atoms with Crippen molar-refractivity contribution in [2.75, 3.05) is 0 Å². The zero-order valence-corrected chi connectivity index (χ0v) is 13.5. The number of benzene rings is 1. The molecule has 1 heterocycles. The second kappa shape index (κ2) is 6.47. The fourth-order valence-corrected chi connectivity index (χ4v) is 3.32. The van der Waals surface area contributed by atoms with Gasteiger partial charge < -0.3 is 9.84 Å². The molecule has 0 spiro atoms. The van der Waals surface area contributed by atoms with Crippen LogP contribution in [0.3, 0.4) is 0 Å². The van der Waals surface area contributed by atoms with Crippen molar-refractivity contribution in [3.8, 4) is 11.6 Å². The van der Waals surface area contributed by atoms with Gasteiger partial charge in [0, 0.05) is 12.1 Å². The fourth-order valence-electron chi connectivity index (χ4n) is 3.32. The van der Waals surface area contributed by atoms with Crippen LogP contribution in [-0.2, 0) is 10.3 Å². The van der Waals surface area contributed by atoms with E-state index in [4.69, 9.17) is 4.74 Å². The normalized spacial score (nSPS) is 17.4. The molecule has 6 nitrogen and oxygen atoms in total. The number of hydrogen-bond donors (Lipinski definition) is 1. The maximum absolute atomic E-state index is 12.3. The molecule has 3 rings (SSSR count). The smallest absolute Gasteiger partial charge is 0.331 e. The number of carboxylic acid groups (broad SMARTS) is 1. The van der Waals surface area contributed by atoms with E-state index in [9.17, 15) is 14.7 Å². The zero-order valence-electron chi connectivity index (χ0n) is 13.5. The number of aliphatic carboxylic acids is 1. The molecule has 0 amide bonds. The van der Waals surface area contributed by atoms with Gasteiger partial charge in [0.2, 0.25) is 5.88 Å². The molecule has 1 saturated carbocycles. The predicted octanol–water partition coefficient (Wildman–Crippen LogP) is 3.03. The summed E-state index contributed by atoms with van der Waals surface area (Å²) in [4.78, 5) is 24.3. The van der Waals surface area contributed by atoms with Crippen LogP contribution in [0.5, 0.6) is 11.6 Å². The number of nitrogens with zero attached hydrogens (tertiary/aromatic N) is 2. The fraction of sp³-hybridized carbons (Fsp3) is 0.389. The minimum absolute atomic E-state index is 0.118. The third kappa shape index (κ3) is 2.91.